The average molecular weight is 1400 g/mol. The van der Waals surface area contributed by atoms with Gasteiger partial charge in [-0.05, 0) is 31.6 Å². The van der Waals surface area contributed by atoms with E-state index in [1.165, 1.54) is 225 Å². The zero-order valence-electron chi connectivity index (χ0n) is 61.8. The Labute approximate surface area is 581 Å². The molecule has 0 spiro atoms. The minimum atomic E-state index is -4.96. The molecule has 0 saturated heterocycles. The van der Waals surface area contributed by atoms with Crippen LogP contribution in [0.3, 0.4) is 0 Å². The highest BCUT2D eigenvalue weighted by molar-refractivity contribution is 7.47. The molecule has 3 unspecified atom stereocenters. The van der Waals surface area contributed by atoms with E-state index in [-0.39, 0.29) is 25.7 Å². The molecule has 0 aromatic heterocycles. The van der Waals surface area contributed by atoms with Gasteiger partial charge in [0.25, 0.3) is 0 Å². The Hall–Kier alpha value is -1.94. The second kappa shape index (κ2) is 69.2. The van der Waals surface area contributed by atoms with E-state index in [1.807, 2.05) is 0 Å². The van der Waals surface area contributed by atoms with Crippen molar-refractivity contribution in [3.05, 3.63) is 0 Å². The number of aliphatic hydroxyl groups excluding tert-OH is 1. The van der Waals surface area contributed by atoms with Crippen LogP contribution in [0.2, 0.25) is 0 Å². The minimum absolute atomic E-state index is 0.106. The van der Waals surface area contributed by atoms with Crippen molar-refractivity contribution in [1.82, 2.24) is 0 Å². The topological polar surface area (TPSA) is 237 Å². The van der Waals surface area contributed by atoms with Crippen LogP contribution >= 0.6 is 15.6 Å². The van der Waals surface area contributed by atoms with Gasteiger partial charge in [0.05, 0.1) is 26.4 Å². The number of esters is 4. The van der Waals surface area contributed by atoms with E-state index in [0.29, 0.717) is 25.7 Å². The van der Waals surface area contributed by atoms with Crippen LogP contribution in [0.25, 0.3) is 0 Å². The molecule has 6 atom stereocenters. The summed E-state index contributed by atoms with van der Waals surface area (Å²) in [5.41, 5.74) is 0. The summed E-state index contributed by atoms with van der Waals surface area (Å²) >= 11 is 0. The van der Waals surface area contributed by atoms with Crippen molar-refractivity contribution in [2.75, 3.05) is 39.6 Å². The van der Waals surface area contributed by atoms with Gasteiger partial charge in [-0.2, -0.15) is 0 Å². The molecule has 0 aliphatic heterocycles. The number of ether oxygens (including phenoxy) is 4. The monoisotopic (exact) mass is 1400 g/mol. The van der Waals surface area contributed by atoms with Crippen LogP contribution in [0.5, 0.6) is 0 Å². The molecule has 0 radical (unpaired) electrons. The summed E-state index contributed by atoms with van der Waals surface area (Å²) < 4.78 is 68.5. The van der Waals surface area contributed by atoms with Crippen molar-refractivity contribution < 1.29 is 80.2 Å². The lowest BCUT2D eigenvalue weighted by molar-refractivity contribution is -0.161. The SMILES string of the molecule is CCCCCCCCCCCCCCCCCCCCC(=O)O[C@H](COC(=O)CCCCCCCCCCCCCCCC)COP(=O)(O)OC[C@@H](O)COP(=O)(O)OC[C@@H](COC(=O)CCCCCCCCCCCCC)OC(=O)CCCCCCCCCCC(C)CC. The number of phosphoric acid groups is 2. The first-order chi connectivity index (χ1) is 46.1. The number of carbonyl (C=O) groups is 4. The molecular weight excluding hydrogens is 1250 g/mol. The molecule has 19 heteroatoms. The third kappa shape index (κ3) is 69.0. The van der Waals surface area contributed by atoms with Crippen LogP contribution in [0.4, 0.5) is 0 Å². The Morgan fingerprint density at radius 1 is 0.295 bits per heavy atom. The highest BCUT2D eigenvalue weighted by Gasteiger charge is 2.30. The predicted octanol–water partition coefficient (Wildman–Crippen LogP) is 22.5. The molecule has 0 fully saturated rings. The van der Waals surface area contributed by atoms with Gasteiger partial charge in [-0.15, -0.1) is 0 Å². The van der Waals surface area contributed by atoms with Crippen molar-refractivity contribution in [1.29, 1.82) is 0 Å². The summed E-state index contributed by atoms with van der Waals surface area (Å²) in [5.74, 6) is -1.34. The van der Waals surface area contributed by atoms with Gasteiger partial charge in [-0.25, -0.2) is 9.13 Å². The number of unbranched alkanes of at least 4 members (excludes halogenated alkanes) is 47. The van der Waals surface area contributed by atoms with Crippen molar-refractivity contribution >= 4 is 39.5 Å². The average Bonchev–Trinajstić information content (AvgIpc) is 1.86. The van der Waals surface area contributed by atoms with E-state index < -0.39 is 97.5 Å². The normalized spacial score (nSPS) is 14.2. The Morgan fingerprint density at radius 2 is 0.505 bits per heavy atom. The summed E-state index contributed by atoms with van der Waals surface area (Å²) in [6.07, 6.45) is 58.1. The minimum Gasteiger partial charge on any atom is -0.462 e. The van der Waals surface area contributed by atoms with Crippen LogP contribution in [0, 0.1) is 5.92 Å². The van der Waals surface area contributed by atoms with Gasteiger partial charge in [-0.1, -0.05) is 349 Å². The molecule has 0 aromatic carbocycles. The van der Waals surface area contributed by atoms with Gasteiger partial charge in [0.2, 0.25) is 0 Å². The Morgan fingerprint density at radius 3 is 0.747 bits per heavy atom. The van der Waals surface area contributed by atoms with Crippen molar-refractivity contribution in [2.24, 2.45) is 5.92 Å². The van der Waals surface area contributed by atoms with Crippen LogP contribution in [0.1, 0.15) is 401 Å². The number of hydrogen-bond donors (Lipinski definition) is 3. The molecule has 95 heavy (non-hydrogen) atoms. The van der Waals surface area contributed by atoms with Gasteiger partial charge in [-0.3, -0.25) is 37.3 Å². The van der Waals surface area contributed by atoms with Crippen LogP contribution in [-0.2, 0) is 65.4 Å². The summed E-state index contributed by atoms with van der Waals surface area (Å²) in [7, 11) is -9.91. The van der Waals surface area contributed by atoms with Crippen molar-refractivity contribution in [3.63, 3.8) is 0 Å². The van der Waals surface area contributed by atoms with E-state index in [9.17, 15) is 43.2 Å². The first kappa shape index (κ1) is 93.1. The lowest BCUT2D eigenvalue weighted by Crippen LogP contribution is -2.30. The van der Waals surface area contributed by atoms with Crippen molar-refractivity contribution in [3.8, 4) is 0 Å². The van der Waals surface area contributed by atoms with Gasteiger partial charge in [0.15, 0.2) is 12.2 Å². The van der Waals surface area contributed by atoms with Gasteiger partial charge >= 0.3 is 39.5 Å². The zero-order valence-corrected chi connectivity index (χ0v) is 63.6. The molecule has 0 heterocycles. The Balaban J connectivity index is 5.24. The van der Waals surface area contributed by atoms with Crippen LogP contribution in [-0.4, -0.2) is 96.7 Å². The third-order valence-electron chi connectivity index (χ3n) is 18.1. The fourth-order valence-electron chi connectivity index (χ4n) is 11.7. The highest BCUT2D eigenvalue weighted by Crippen LogP contribution is 2.45. The fraction of sp³-hybridized carbons (Fsp3) is 0.947. The van der Waals surface area contributed by atoms with E-state index in [1.54, 1.807) is 0 Å². The molecule has 0 aromatic rings. The second-order valence-corrected chi connectivity index (χ2v) is 30.5. The molecule has 3 N–H and O–H groups in total. The molecule has 17 nitrogen and oxygen atoms in total. The van der Waals surface area contributed by atoms with Gasteiger partial charge < -0.3 is 33.8 Å². The summed E-state index contributed by atoms with van der Waals surface area (Å²) in [4.78, 5) is 72.8. The smallest absolute Gasteiger partial charge is 0.462 e. The molecule has 0 rings (SSSR count). The lowest BCUT2D eigenvalue weighted by atomic mass is 9.99. The molecule has 0 aliphatic rings. The van der Waals surface area contributed by atoms with Crippen LogP contribution < -0.4 is 0 Å². The predicted molar refractivity (Wildman–Crippen MR) is 386 cm³/mol. The molecule has 0 amide bonds. The van der Waals surface area contributed by atoms with Crippen molar-refractivity contribution in [2.45, 2.75) is 419 Å². The second-order valence-electron chi connectivity index (χ2n) is 27.6. The summed E-state index contributed by atoms with van der Waals surface area (Å²) in [6, 6.07) is 0. The van der Waals surface area contributed by atoms with Gasteiger partial charge in [0.1, 0.15) is 19.3 Å². The number of phosphoric ester groups is 2. The summed E-state index contributed by atoms with van der Waals surface area (Å²) in [5, 5.41) is 10.6. The molecule has 564 valence electrons. The molecule has 0 saturated carbocycles. The highest BCUT2D eigenvalue weighted by atomic mass is 31.2. The number of hydrogen-bond acceptors (Lipinski definition) is 15. The van der Waals surface area contributed by atoms with E-state index in [0.717, 1.165) is 95.8 Å². The largest absolute Gasteiger partial charge is 0.472 e. The van der Waals surface area contributed by atoms with E-state index in [4.69, 9.17) is 37.0 Å². The maximum absolute atomic E-state index is 13.1. The Kier molecular flexibility index (Phi) is 67.7. The molecule has 0 aliphatic carbocycles. The lowest BCUT2D eigenvalue weighted by Gasteiger charge is -2.21. The standard InChI is InChI=1S/C76H148O17P2/c1-6-10-13-16-19-22-25-27-29-30-31-32-34-37-40-46-51-56-61-75(80)92-71(65-87-74(79)60-55-50-45-39-36-33-28-26-23-20-17-14-11-7-2)67-90-94(82,83)88-63-70(77)64-89-95(84,85)91-68-72(66-86-73(78)59-54-49-44-38-35-24-21-18-15-12-8-3)93-76(81)62-57-52-47-42-41-43-48-53-58-69(5)9-4/h69-72,77H,6-68H2,1-5H3,(H,82,83)(H,84,85)/t69?,70-,71-,72-/m1/s1. The van der Waals surface area contributed by atoms with Gasteiger partial charge in [0, 0.05) is 25.7 Å². The molecule has 0 bridgehead atoms. The van der Waals surface area contributed by atoms with E-state index >= 15 is 0 Å². The number of aliphatic hydroxyl groups is 1. The molecular formula is C76H148O17P2. The quantitative estimate of drug-likeness (QED) is 0.0222. The van der Waals surface area contributed by atoms with E-state index in [2.05, 4.69) is 34.6 Å². The maximum atomic E-state index is 13.1. The summed E-state index contributed by atoms with van der Waals surface area (Å²) in [6.45, 7) is 7.29. The first-order valence-electron chi connectivity index (χ1n) is 39.7. The van der Waals surface area contributed by atoms with Crippen LogP contribution in [0.15, 0.2) is 0 Å². The maximum Gasteiger partial charge on any atom is 0.472 e. The number of carbonyl (C=O) groups excluding carboxylic acids is 4. The number of rotatable bonds is 76. The Bertz CT molecular complexity index is 1820. The fourth-order valence-corrected chi connectivity index (χ4v) is 13.3. The third-order valence-corrected chi connectivity index (χ3v) is 20.0. The first-order valence-corrected chi connectivity index (χ1v) is 42.7. The zero-order chi connectivity index (χ0) is 69.8.